The molecule has 1 amide bonds. The van der Waals surface area contributed by atoms with E-state index in [0.717, 1.165) is 16.9 Å². The van der Waals surface area contributed by atoms with Crippen LogP contribution in [0, 0.1) is 18.8 Å². The second-order valence-corrected chi connectivity index (χ2v) is 11.1. The molecule has 5 rings (SSSR count). The average Bonchev–Trinajstić information content (AvgIpc) is 3.15. The lowest BCUT2D eigenvalue weighted by atomic mass is 10.1. The Morgan fingerprint density at radius 2 is 1.91 bits per heavy atom. The predicted molar refractivity (Wildman–Crippen MR) is 134 cm³/mol. The summed E-state index contributed by atoms with van der Waals surface area (Å²) in [6.07, 6.45) is 0.298. The molecule has 3 atom stereocenters. The lowest BCUT2D eigenvalue weighted by Crippen LogP contribution is -2.34. The van der Waals surface area contributed by atoms with Crippen LogP contribution in [0.25, 0.3) is 0 Å². The van der Waals surface area contributed by atoms with E-state index in [1.807, 2.05) is 0 Å². The minimum atomic E-state index is -1.02. The molecule has 1 aliphatic heterocycles. The maximum absolute atomic E-state index is 12.6. The van der Waals surface area contributed by atoms with E-state index in [1.165, 1.54) is 0 Å². The Bertz CT molecular complexity index is 1310. The number of nitrogens with zero attached hydrogens (tertiary/aromatic N) is 2. The Balaban J connectivity index is 1.26. The highest BCUT2D eigenvalue weighted by Gasteiger charge is 2.57. The van der Waals surface area contributed by atoms with E-state index in [-0.39, 0.29) is 39.4 Å². The van der Waals surface area contributed by atoms with Gasteiger partial charge in [0.25, 0.3) is 5.91 Å². The van der Waals surface area contributed by atoms with Gasteiger partial charge in [-0.3, -0.25) is 4.79 Å². The summed E-state index contributed by atoms with van der Waals surface area (Å²) in [7, 11) is 0. The van der Waals surface area contributed by atoms with Gasteiger partial charge < -0.3 is 20.3 Å². The van der Waals surface area contributed by atoms with Gasteiger partial charge in [-0.15, -0.1) is 0 Å². The molecule has 2 aromatic heterocycles. The number of hydrogen-bond donors (Lipinski definition) is 3. The molecule has 178 valence electrons. The van der Waals surface area contributed by atoms with E-state index in [0.29, 0.717) is 51.1 Å². The van der Waals surface area contributed by atoms with Crippen LogP contribution >= 0.6 is 57.7 Å². The van der Waals surface area contributed by atoms with Gasteiger partial charge in [-0.2, -0.15) is 0 Å². The molecule has 0 spiro atoms. The molecule has 2 fully saturated rings. The minimum Gasteiger partial charge on any atom is -0.477 e. The summed E-state index contributed by atoms with van der Waals surface area (Å²) >= 11 is 25.6. The van der Waals surface area contributed by atoms with Gasteiger partial charge >= 0.3 is 5.97 Å². The minimum absolute atomic E-state index is 0.0356. The third-order valence-corrected chi connectivity index (χ3v) is 8.98. The number of amides is 1. The second kappa shape index (κ2) is 8.91. The highest BCUT2D eigenvalue weighted by Crippen LogP contribution is 2.48. The zero-order valence-corrected chi connectivity index (χ0v) is 21.5. The molecule has 1 aliphatic carbocycles. The number of hydrogen-bond acceptors (Lipinski definition) is 5. The lowest BCUT2D eigenvalue weighted by Gasteiger charge is -2.19. The van der Waals surface area contributed by atoms with Crippen molar-refractivity contribution >= 4 is 74.7 Å². The highest BCUT2D eigenvalue weighted by molar-refractivity contribution is 7.17. The van der Waals surface area contributed by atoms with E-state index in [1.54, 1.807) is 25.1 Å². The zero-order chi connectivity index (χ0) is 24.3. The number of carbonyl (C=O) groups is 2. The van der Waals surface area contributed by atoms with Crippen LogP contribution in [-0.4, -0.2) is 46.1 Å². The molecule has 0 radical (unpaired) electrons. The summed E-state index contributed by atoms with van der Waals surface area (Å²) in [4.78, 5) is 34.3. The number of H-pyrrole nitrogens is 1. The molecule has 3 heterocycles. The molecule has 0 bridgehead atoms. The summed E-state index contributed by atoms with van der Waals surface area (Å²) in [5, 5.41) is 14.9. The number of carboxylic acid groups (broad SMARTS) is 1. The number of aromatic amines is 1. The van der Waals surface area contributed by atoms with Crippen LogP contribution < -0.4 is 10.2 Å². The van der Waals surface area contributed by atoms with Gasteiger partial charge in [0.15, 0.2) is 5.13 Å². The van der Waals surface area contributed by atoms with Crippen LogP contribution in [0.3, 0.4) is 0 Å². The molecular formula is C22H18Cl4N4O3S. The fourth-order valence-electron chi connectivity index (χ4n) is 4.46. The largest absolute Gasteiger partial charge is 0.477 e. The molecule has 1 saturated heterocycles. The summed E-state index contributed by atoms with van der Waals surface area (Å²) < 4.78 is 0. The quantitative estimate of drug-likeness (QED) is 0.368. The van der Waals surface area contributed by atoms with Crippen LogP contribution in [0.4, 0.5) is 5.13 Å². The van der Waals surface area contributed by atoms with Crippen LogP contribution in [0.2, 0.25) is 20.1 Å². The summed E-state index contributed by atoms with van der Waals surface area (Å²) in [5.41, 5.74) is 2.14. The number of anilines is 1. The first kappa shape index (κ1) is 23.8. The fourth-order valence-corrected chi connectivity index (χ4v) is 6.29. The Hall–Kier alpha value is -1.97. The van der Waals surface area contributed by atoms with Crippen molar-refractivity contribution in [3.8, 4) is 0 Å². The van der Waals surface area contributed by atoms with Crippen LogP contribution in [-0.2, 0) is 6.42 Å². The Morgan fingerprint density at radius 3 is 2.50 bits per heavy atom. The van der Waals surface area contributed by atoms with E-state index in [4.69, 9.17) is 46.4 Å². The molecule has 7 nitrogen and oxygen atoms in total. The number of fused-ring (bicyclic) bond motifs is 1. The molecule has 3 aromatic rings. The van der Waals surface area contributed by atoms with E-state index in [9.17, 15) is 14.7 Å². The Kier molecular flexibility index (Phi) is 6.23. The van der Waals surface area contributed by atoms with Crippen molar-refractivity contribution in [1.29, 1.82) is 0 Å². The normalized spacial score (nSPS) is 21.0. The first-order valence-corrected chi connectivity index (χ1v) is 12.7. The molecule has 12 heteroatoms. The molecule has 2 aliphatic rings. The number of rotatable bonds is 6. The number of aromatic nitrogens is 2. The van der Waals surface area contributed by atoms with Gasteiger partial charge in [-0.1, -0.05) is 63.8 Å². The number of halogens is 4. The van der Waals surface area contributed by atoms with Crippen LogP contribution in [0.15, 0.2) is 18.2 Å². The molecule has 34 heavy (non-hydrogen) atoms. The predicted octanol–water partition coefficient (Wildman–Crippen LogP) is 5.55. The lowest BCUT2D eigenvalue weighted by molar-refractivity contribution is 0.0700. The molecule has 1 unspecified atom stereocenters. The third-order valence-electron chi connectivity index (χ3n) is 6.30. The Morgan fingerprint density at radius 1 is 1.21 bits per heavy atom. The van der Waals surface area contributed by atoms with Gasteiger partial charge in [-0.25, -0.2) is 9.78 Å². The van der Waals surface area contributed by atoms with Gasteiger partial charge in [0.05, 0.1) is 15.7 Å². The van der Waals surface area contributed by atoms with E-state index in [2.05, 4.69) is 20.2 Å². The van der Waals surface area contributed by atoms with Gasteiger partial charge in [0.2, 0.25) is 0 Å². The van der Waals surface area contributed by atoms with Gasteiger partial charge in [-0.05, 0) is 24.6 Å². The summed E-state index contributed by atoms with van der Waals surface area (Å²) in [6.45, 7) is 3.12. The molecular weight excluding hydrogens is 542 g/mol. The van der Waals surface area contributed by atoms with Crippen molar-refractivity contribution in [3.05, 3.63) is 65.8 Å². The Labute approximate surface area is 219 Å². The molecule has 3 N–H and O–H groups in total. The smallest absolute Gasteiger partial charge is 0.347 e. The monoisotopic (exact) mass is 558 g/mol. The number of aryl methyl sites for hydroxylation is 1. The fraction of sp³-hybridized carbons (Fsp3) is 0.318. The third kappa shape index (κ3) is 4.27. The molecule has 1 saturated carbocycles. The number of nitrogens with one attached hydrogen (secondary N) is 2. The van der Waals surface area contributed by atoms with Gasteiger partial charge in [0.1, 0.15) is 10.6 Å². The number of carbonyl (C=O) groups excluding carboxylic acids is 1. The standard InChI is InChI=1S/C22H18Cl4N4O3S/c1-8-15(25)16(26)18(27-8)20(31)29-17-11-6-30(7-12(11)17)22-28-14(19(34-22)21(32)33)4-9-2-3-10(23)5-13(9)24/h2-3,5,11-12,17,27H,4,6-7H2,1H3,(H,29,31)(H,32,33)/t11-,12+,17?. The topological polar surface area (TPSA) is 98.3 Å². The zero-order valence-electron chi connectivity index (χ0n) is 17.7. The van der Waals surface area contributed by atoms with E-state index >= 15 is 0 Å². The van der Waals surface area contributed by atoms with Crippen LogP contribution in [0.1, 0.15) is 37.1 Å². The second-order valence-electron chi connectivity index (χ2n) is 8.47. The first-order valence-electron chi connectivity index (χ1n) is 10.4. The van der Waals surface area contributed by atoms with Crippen molar-refractivity contribution in [2.45, 2.75) is 19.4 Å². The first-order chi connectivity index (χ1) is 16.1. The maximum Gasteiger partial charge on any atom is 0.347 e. The number of piperidine rings is 1. The number of carboxylic acids is 1. The number of aromatic carboxylic acids is 1. The van der Waals surface area contributed by atoms with Crippen LogP contribution in [0.5, 0.6) is 0 Å². The van der Waals surface area contributed by atoms with Crippen molar-refractivity contribution < 1.29 is 14.7 Å². The average molecular weight is 560 g/mol. The highest BCUT2D eigenvalue weighted by atomic mass is 35.5. The van der Waals surface area contributed by atoms with Gasteiger partial charge in [0, 0.05) is 53.1 Å². The molecule has 1 aromatic carbocycles. The van der Waals surface area contributed by atoms with Crippen molar-refractivity contribution in [1.82, 2.24) is 15.3 Å². The summed E-state index contributed by atoms with van der Waals surface area (Å²) in [5.74, 6) is -0.771. The number of thiazole rings is 1. The number of benzene rings is 1. The maximum atomic E-state index is 12.6. The van der Waals surface area contributed by atoms with Crippen molar-refractivity contribution in [2.24, 2.45) is 11.8 Å². The SMILES string of the molecule is Cc1[nH]c(C(=O)NC2[C@H]3CN(c4nc(Cc5ccc(Cl)cc5Cl)c(C(=O)O)s4)C[C@@H]23)c(Cl)c1Cl. The van der Waals surface area contributed by atoms with Crippen molar-refractivity contribution in [3.63, 3.8) is 0 Å². The summed E-state index contributed by atoms with van der Waals surface area (Å²) in [6, 6.07) is 5.16. The van der Waals surface area contributed by atoms with E-state index < -0.39 is 5.97 Å². The van der Waals surface area contributed by atoms with Crippen molar-refractivity contribution in [2.75, 3.05) is 18.0 Å².